The standard InChI is InChI=1S/C8H11N3O3/c12-8(13)7-4-11(10-9-7)3-6-1-2-14-5-6/h4,6H,1-3,5H2,(H,12,13). The molecule has 2 rings (SSSR count). The molecule has 2 heterocycles. The number of hydrogen-bond acceptors (Lipinski definition) is 4. The van der Waals surface area contributed by atoms with E-state index in [1.165, 1.54) is 6.20 Å². The third-order valence-electron chi connectivity index (χ3n) is 2.23. The fourth-order valence-electron chi connectivity index (χ4n) is 1.48. The second-order valence-corrected chi connectivity index (χ2v) is 3.36. The van der Waals surface area contributed by atoms with Crippen LogP contribution in [0, 0.1) is 5.92 Å². The van der Waals surface area contributed by atoms with Crippen LogP contribution in [-0.2, 0) is 11.3 Å². The van der Waals surface area contributed by atoms with Crippen molar-refractivity contribution >= 4 is 5.97 Å². The van der Waals surface area contributed by atoms with E-state index in [1.54, 1.807) is 4.68 Å². The van der Waals surface area contributed by atoms with Crippen molar-refractivity contribution in [1.82, 2.24) is 15.0 Å². The Morgan fingerprint density at radius 3 is 3.21 bits per heavy atom. The van der Waals surface area contributed by atoms with E-state index < -0.39 is 5.97 Å². The van der Waals surface area contributed by atoms with Crippen molar-refractivity contribution < 1.29 is 14.6 Å². The Balaban J connectivity index is 1.98. The van der Waals surface area contributed by atoms with Gasteiger partial charge in [0.2, 0.25) is 0 Å². The lowest BCUT2D eigenvalue weighted by atomic mass is 10.1. The fraction of sp³-hybridized carbons (Fsp3) is 0.625. The molecule has 1 aliphatic heterocycles. The third kappa shape index (κ3) is 1.90. The Hall–Kier alpha value is -1.43. The summed E-state index contributed by atoms with van der Waals surface area (Å²) in [5.74, 6) is -0.614. The number of aromatic nitrogens is 3. The molecule has 0 bridgehead atoms. The van der Waals surface area contributed by atoms with Crippen LogP contribution < -0.4 is 0 Å². The predicted molar refractivity (Wildman–Crippen MR) is 45.9 cm³/mol. The van der Waals surface area contributed by atoms with Gasteiger partial charge in [0.1, 0.15) is 0 Å². The van der Waals surface area contributed by atoms with Crippen LogP contribution in [0.2, 0.25) is 0 Å². The van der Waals surface area contributed by atoms with Gasteiger partial charge in [0, 0.05) is 19.1 Å². The molecule has 0 spiro atoms. The summed E-state index contributed by atoms with van der Waals surface area (Å²) in [5.41, 5.74) is -0.0103. The molecule has 1 N–H and O–H groups in total. The molecule has 1 aromatic heterocycles. The molecule has 1 unspecified atom stereocenters. The molecule has 0 aromatic carbocycles. The van der Waals surface area contributed by atoms with Crippen LogP contribution in [0.4, 0.5) is 0 Å². The SMILES string of the molecule is O=C(O)c1cn(CC2CCOC2)nn1. The van der Waals surface area contributed by atoms with Crippen LogP contribution in [0.5, 0.6) is 0 Å². The zero-order valence-electron chi connectivity index (χ0n) is 7.59. The number of ether oxygens (including phenoxy) is 1. The number of nitrogens with zero attached hydrogens (tertiary/aromatic N) is 3. The van der Waals surface area contributed by atoms with Gasteiger partial charge in [-0.15, -0.1) is 5.10 Å². The van der Waals surface area contributed by atoms with Gasteiger partial charge in [0.15, 0.2) is 5.69 Å². The summed E-state index contributed by atoms with van der Waals surface area (Å²) in [5, 5.41) is 15.9. The van der Waals surface area contributed by atoms with E-state index in [2.05, 4.69) is 10.3 Å². The first-order valence-corrected chi connectivity index (χ1v) is 4.47. The van der Waals surface area contributed by atoms with Gasteiger partial charge in [0.25, 0.3) is 0 Å². The van der Waals surface area contributed by atoms with Crippen LogP contribution in [0.15, 0.2) is 6.20 Å². The Morgan fingerprint density at radius 2 is 2.64 bits per heavy atom. The molecule has 1 aliphatic rings. The molecule has 6 nitrogen and oxygen atoms in total. The lowest BCUT2D eigenvalue weighted by Crippen LogP contribution is -2.11. The zero-order chi connectivity index (χ0) is 9.97. The number of carboxylic acid groups (broad SMARTS) is 1. The third-order valence-corrected chi connectivity index (χ3v) is 2.23. The Morgan fingerprint density at radius 1 is 1.79 bits per heavy atom. The topological polar surface area (TPSA) is 77.2 Å². The molecular weight excluding hydrogens is 186 g/mol. The highest BCUT2D eigenvalue weighted by Crippen LogP contribution is 2.13. The van der Waals surface area contributed by atoms with Crippen molar-refractivity contribution in [3.63, 3.8) is 0 Å². The first-order chi connectivity index (χ1) is 6.75. The minimum absolute atomic E-state index is 0.0103. The van der Waals surface area contributed by atoms with Crippen LogP contribution >= 0.6 is 0 Å². The van der Waals surface area contributed by atoms with Crippen molar-refractivity contribution in [2.24, 2.45) is 5.92 Å². The Bertz CT molecular complexity index is 330. The Labute approximate surface area is 80.5 Å². The van der Waals surface area contributed by atoms with Crippen molar-refractivity contribution in [3.8, 4) is 0 Å². The van der Waals surface area contributed by atoms with Crippen LogP contribution in [0.3, 0.4) is 0 Å². The van der Waals surface area contributed by atoms with E-state index in [0.29, 0.717) is 12.5 Å². The maximum absolute atomic E-state index is 10.5. The van der Waals surface area contributed by atoms with E-state index >= 15 is 0 Å². The summed E-state index contributed by atoms with van der Waals surface area (Å²) < 4.78 is 6.76. The number of carbonyl (C=O) groups is 1. The van der Waals surface area contributed by atoms with Crippen molar-refractivity contribution in [2.45, 2.75) is 13.0 Å². The molecule has 1 atom stereocenters. The van der Waals surface area contributed by atoms with Crippen molar-refractivity contribution in [2.75, 3.05) is 13.2 Å². The van der Waals surface area contributed by atoms with Crippen LogP contribution in [-0.4, -0.2) is 39.3 Å². The smallest absolute Gasteiger partial charge is 0.358 e. The average molecular weight is 197 g/mol. The second-order valence-electron chi connectivity index (χ2n) is 3.36. The van der Waals surface area contributed by atoms with E-state index in [0.717, 1.165) is 19.6 Å². The van der Waals surface area contributed by atoms with E-state index in [9.17, 15) is 4.79 Å². The molecule has 14 heavy (non-hydrogen) atoms. The highest BCUT2D eigenvalue weighted by molar-refractivity contribution is 5.84. The van der Waals surface area contributed by atoms with Gasteiger partial charge < -0.3 is 9.84 Å². The van der Waals surface area contributed by atoms with Gasteiger partial charge in [-0.3, -0.25) is 4.68 Å². The molecule has 1 saturated heterocycles. The minimum Gasteiger partial charge on any atom is -0.476 e. The monoisotopic (exact) mass is 197 g/mol. The highest BCUT2D eigenvalue weighted by atomic mass is 16.5. The van der Waals surface area contributed by atoms with Gasteiger partial charge in [-0.05, 0) is 6.42 Å². The fourth-order valence-corrected chi connectivity index (χ4v) is 1.48. The van der Waals surface area contributed by atoms with Crippen LogP contribution in [0.25, 0.3) is 0 Å². The largest absolute Gasteiger partial charge is 0.476 e. The number of aromatic carboxylic acids is 1. The summed E-state index contributed by atoms with van der Waals surface area (Å²) in [6.45, 7) is 2.19. The molecule has 0 saturated carbocycles. The highest BCUT2D eigenvalue weighted by Gasteiger charge is 2.17. The van der Waals surface area contributed by atoms with Gasteiger partial charge >= 0.3 is 5.97 Å². The first kappa shape index (κ1) is 9.14. The number of carboxylic acids is 1. The predicted octanol–water partition coefficient (Wildman–Crippen LogP) is 0.0128. The maximum atomic E-state index is 10.5. The van der Waals surface area contributed by atoms with E-state index in [-0.39, 0.29) is 5.69 Å². The van der Waals surface area contributed by atoms with Crippen molar-refractivity contribution in [1.29, 1.82) is 0 Å². The molecule has 0 amide bonds. The van der Waals surface area contributed by atoms with Gasteiger partial charge in [-0.1, -0.05) is 5.21 Å². The van der Waals surface area contributed by atoms with Gasteiger partial charge in [0.05, 0.1) is 12.8 Å². The molecule has 1 aromatic rings. The first-order valence-electron chi connectivity index (χ1n) is 4.47. The number of rotatable bonds is 3. The lowest BCUT2D eigenvalue weighted by molar-refractivity contribution is 0.0690. The normalized spacial score (nSPS) is 21.3. The zero-order valence-corrected chi connectivity index (χ0v) is 7.59. The summed E-state index contributed by atoms with van der Waals surface area (Å²) in [6, 6.07) is 0. The van der Waals surface area contributed by atoms with E-state index in [4.69, 9.17) is 9.84 Å². The molecule has 0 radical (unpaired) electrons. The average Bonchev–Trinajstić information content (AvgIpc) is 2.75. The Kier molecular flexibility index (Phi) is 2.45. The van der Waals surface area contributed by atoms with Crippen molar-refractivity contribution in [3.05, 3.63) is 11.9 Å². The lowest BCUT2D eigenvalue weighted by Gasteiger charge is -2.05. The van der Waals surface area contributed by atoms with Crippen LogP contribution in [0.1, 0.15) is 16.9 Å². The molecule has 6 heteroatoms. The van der Waals surface area contributed by atoms with Gasteiger partial charge in [-0.2, -0.15) is 0 Å². The summed E-state index contributed by atoms with van der Waals surface area (Å²) in [7, 11) is 0. The summed E-state index contributed by atoms with van der Waals surface area (Å²) in [6.07, 6.45) is 2.45. The molecule has 1 fully saturated rings. The van der Waals surface area contributed by atoms with Gasteiger partial charge in [-0.25, -0.2) is 4.79 Å². The molecule has 76 valence electrons. The minimum atomic E-state index is -1.04. The number of hydrogen-bond donors (Lipinski definition) is 1. The maximum Gasteiger partial charge on any atom is 0.358 e. The molecule has 0 aliphatic carbocycles. The molecular formula is C8H11N3O3. The van der Waals surface area contributed by atoms with E-state index in [1.807, 2.05) is 0 Å². The quantitative estimate of drug-likeness (QED) is 0.738. The summed E-state index contributed by atoms with van der Waals surface area (Å²) in [4.78, 5) is 10.5. The summed E-state index contributed by atoms with van der Waals surface area (Å²) >= 11 is 0. The second kappa shape index (κ2) is 3.75.